The third-order valence-electron chi connectivity index (χ3n) is 6.51. The van der Waals surface area contributed by atoms with Gasteiger partial charge >= 0.3 is 0 Å². The summed E-state index contributed by atoms with van der Waals surface area (Å²) >= 11 is 0. The Balaban J connectivity index is 1.88. The van der Waals surface area contributed by atoms with Gasteiger partial charge in [-0.25, -0.2) is 8.42 Å². The maximum Gasteiger partial charge on any atom is 0.244 e. The van der Waals surface area contributed by atoms with Crippen molar-refractivity contribution < 1.29 is 22.7 Å². The summed E-state index contributed by atoms with van der Waals surface area (Å²) in [5, 5.41) is 3.06. The molecular weight excluding hydrogens is 466 g/mol. The van der Waals surface area contributed by atoms with Gasteiger partial charge < -0.3 is 15.0 Å². The van der Waals surface area contributed by atoms with Gasteiger partial charge in [-0.2, -0.15) is 0 Å². The number of sulfonamides is 1. The molecule has 2 amide bonds. The fourth-order valence-electron chi connectivity index (χ4n) is 4.31. The van der Waals surface area contributed by atoms with Crippen LogP contribution in [0.25, 0.3) is 0 Å². The number of hydrogen-bond acceptors (Lipinski definition) is 5. The fourth-order valence-corrected chi connectivity index (χ4v) is 5.16. The van der Waals surface area contributed by atoms with Crippen LogP contribution < -0.4 is 14.4 Å². The van der Waals surface area contributed by atoms with Crippen LogP contribution in [-0.4, -0.2) is 57.1 Å². The number of rotatable bonds is 10. The van der Waals surface area contributed by atoms with E-state index in [9.17, 15) is 18.0 Å². The lowest BCUT2D eigenvalue weighted by atomic mass is 10.1. The molecule has 0 saturated heterocycles. The first-order valence-electron chi connectivity index (χ1n) is 11.9. The maximum absolute atomic E-state index is 13.6. The lowest BCUT2D eigenvalue weighted by Gasteiger charge is -2.32. The highest BCUT2D eigenvalue weighted by molar-refractivity contribution is 7.92. The largest absolute Gasteiger partial charge is 0.497 e. The van der Waals surface area contributed by atoms with Crippen molar-refractivity contribution in [2.24, 2.45) is 0 Å². The highest BCUT2D eigenvalue weighted by Gasteiger charge is 2.31. The third kappa shape index (κ3) is 6.97. The number of aryl methyl sites for hydroxylation is 1. The van der Waals surface area contributed by atoms with E-state index in [1.54, 1.807) is 31.2 Å². The van der Waals surface area contributed by atoms with Gasteiger partial charge in [0.1, 0.15) is 18.3 Å². The van der Waals surface area contributed by atoms with E-state index in [0.717, 1.165) is 47.4 Å². The molecule has 0 unspecified atom stereocenters. The average molecular weight is 502 g/mol. The zero-order valence-corrected chi connectivity index (χ0v) is 21.7. The van der Waals surface area contributed by atoms with Crippen LogP contribution in [0.15, 0.2) is 48.5 Å². The summed E-state index contributed by atoms with van der Waals surface area (Å²) in [7, 11) is -2.25. The Labute approximate surface area is 208 Å². The summed E-state index contributed by atoms with van der Waals surface area (Å²) in [6.45, 7) is 3.42. The van der Waals surface area contributed by atoms with Crippen molar-refractivity contribution in [1.82, 2.24) is 10.2 Å². The minimum atomic E-state index is -3.77. The molecule has 0 spiro atoms. The summed E-state index contributed by atoms with van der Waals surface area (Å²) in [6, 6.07) is 13.5. The van der Waals surface area contributed by atoms with Gasteiger partial charge in [0.15, 0.2) is 0 Å². The Morgan fingerprint density at radius 2 is 1.71 bits per heavy atom. The smallest absolute Gasteiger partial charge is 0.244 e. The van der Waals surface area contributed by atoms with Gasteiger partial charge in [-0.15, -0.1) is 0 Å². The molecule has 1 saturated carbocycles. The molecule has 9 heteroatoms. The Morgan fingerprint density at radius 3 is 2.29 bits per heavy atom. The van der Waals surface area contributed by atoms with Gasteiger partial charge in [-0.05, 0) is 62.1 Å². The summed E-state index contributed by atoms with van der Waals surface area (Å²) in [6.07, 6.45) is 5.09. The summed E-state index contributed by atoms with van der Waals surface area (Å²) in [5.74, 6) is -0.107. The van der Waals surface area contributed by atoms with Crippen LogP contribution in [0.5, 0.6) is 5.75 Å². The molecule has 0 bridgehead atoms. The predicted molar refractivity (Wildman–Crippen MR) is 137 cm³/mol. The molecule has 3 rings (SSSR count). The average Bonchev–Trinajstić information content (AvgIpc) is 3.34. The van der Waals surface area contributed by atoms with Crippen molar-refractivity contribution in [3.8, 4) is 5.75 Å². The van der Waals surface area contributed by atoms with Crippen molar-refractivity contribution in [1.29, 1.82) is 0 Å². The second-order valence-electron chi connectivity index (χ2n) is 9.08. The first kappa shape index (κ1) is 26.5. The molecule has 1 N–H and O–H groups in total. The van der Waals surface area contributed by atoms with E-state index < -0.39 is 28.5 Å². The van der Waals surface area contributed by atoms with E-state index in [1.165, 1.54) is 12.0 Å². The molecule has 1 aliphatic rings. The number of anilines is 1. The van der Waals surface area contributed by atoms with Crippen molar-refractivity contribution >= 4 is 27.5 Å². The summed E-state index contributed by atoms with van der Waals surface area (Å²) in [5.41, 5.74) is 2.24. The topological polar surface area (TPSA) is 96.0 Å². The second kappa shape index (κ2) is 11.6. The number of ether oxygens (including phenoxy) is 1. The number of methoxy groups -OCH3 is 1. The van der Waals surface area contributed by atoms with Gasteiger partial charge in [-0.3, -0.25) is 13.9 Å². The minimum Gasteiger partial charge on any atom is -0.497 e. The number of benzene rings is 2. The number of nitrogens with one attached hydrogen (secondary N) is 1. The molecule has 8 nitrogen and oxygen atoms in total. The monoisotopic (exact) mass is 501 g/mol. The quantitative estimate of drug-likeness (QED) is 0.539. The minimum absolute atomic E-state index is 0.118. The van der Waals surface area contributed by atoms with Gasteiger partial charge in [0, 0.05) is 12.6 Å². The lowest BCUT2D eigenvalue weighted by molar-refractivity contribution is -0.139. The Kier molecular flexibility index (Phi) is 8.77. The molecular formula is C26H35N3O5S. The van der Waals surface area contributed by atoms with Crippen molar-refractivity contribution in [3.63, 3.8) is 0 Å². The maximum atomic E-state index is 13.6. The molecule has 2 aromatic carbocycles. The normalized spacial score (nSPS) is 14.9. The number of carbonyl (C=O) groups is 2. The summed E-state index contributed by atoms with van der Waals surface area (Å²) < 4.78 is 31.5. The fraction of sp³-hybridized carbons (Fsp3) is 0.462. The van der Waals surface area contributed by atoms with Crippen LogP contribution in [-0.2, 0) is 26.2 Å². The molecule has 0 radical (unpaired) electrons. The number of nitrogens with zero attached hydrogens (tertiary/aromatic N) is 2. The van der Waals surface area contributed by atoms with E-state index >= 15 is 0 Å². The van der Waals surface area contributed by atoms with E-state index in [-0.39, 0.29) is 18.5 Å². The predicted octanol–water partition coefficient (Wildman–Crippen LogP) is 3.25. The zero-order chi connectivity index (χ0) is 25.6. The highest BCUT2D eigenvalue weighted by atomic mass is 32.2. The molecule has 0 heterocycles. The van der Waals surface area contributed by atoms with E-state index in [1.807, 2.05) is 31.2 Å². The van der Waals surface area contributed by atoms with Crippen LogP contribution in [0.2, 0.25) is 0 Å². The number of amides is 2. The van der Waals surface area contributed by atoms with Crippen LogP contribution in [0.4, 0.5) is 5.69 Å². The van der Waals surface area contributed by atoms with E-state index in [4.69, 9.17) is 4.74 Å². The highest BCUT2D eigenvalue weighted by Crippen LogP contribution is 2.23. The van der Waals surface area contributed by atoms with Gasteiger partial charge in [0.05, 0.1) is 19.1 Å². The molecule has 1 aliphatic carbocycles. The molecule has 1 fully saturated rings. The van der Waals surface area contributed by atoms with Crippen LogP contribution >= 0.6 is 0 Å². The lowest BCUT2D eigenvalue weighted by Crippen LogP contribution is -2.52. The Hall–Kier alpha value is -3.07. The van der Waals surface area contributed by atoms with Crippen molar-refractivity contribution in [2.45, 2.75) is 58.2 Å². The van der Waals surface area contributed by atoms with E-state index in [0.29, 0.717) is 11.4 Å². The SMILES string of the molecule is COc1ccc(N(CC(=O)N(Cc2ccccc2C)[C@@H](C)C(=O)NC2CCCC2)S(C)(=O)=O)cc1. The summed E-state index contributed by atoms with van der Waals surface area (Å²) in [4.78, 5) is 28.2. The Morgan fingerprint density at radius 1 is 1.09 bits per heavy atom. The van der Waals surface area contributed by atoms with Gasteiger partial charge in [-0.1, -0.05) is 37.1 Å². The number of hydrogen-bond donors (Lipinski definition) is 1. The first-order chi connectivity index (χ1) is 16.6. The Bertz CT molecular complexity index is 1130. The number of carbonyl (C=O) groups excluding carboxylic acids is 2. The van der Waals surface area contributed by atoms with Gasteiger partial charge in [0.2, 0.25) is 21.8 Å². The first-order valence-corrected chi connectivity index (χ1v) is 13.7. The molecule has 0 aromatic heterocycles. The molecule has 190 valence electrons. The van der Waals surface area contributed by atoms with Crippen molar-refractivity contribution in [3.05, 3.63) is 59.7 Å². The van der Waals surface area contributed by atoms with Gasteiger partial charge in [0.25, 0.3) is 0 Å². The van der Waals surface area contributed by atoms with Crippen LogP contribution in [0, 0.1) is 6.92 Å². The zero-order valence-electron chi connectivity index (χ0n) is 20.9. The van der Waals surface area contributed by atoms with Crippen LogP contribution in [0.3, 0.4) is 0 Å². The molecule has 0 aliphatic heterocycles. The van der Waals surface area contributed by atoms with Crippen LogP contribution in [0.1, 0.15) is 43.7 Å². The van der Waals surface area contributed by atoms with Crippen molar-refractivity contribution in [2.75, 3.05) is 24.2 Å². The molecule has 2 aromatic rings. The third-order valence-corrected chi connectivity index (χ3v) is 7.65. The van der Waals surface area contributed by atoms with E-state index in [2.05, 4.69) is 5.32 Å². The molecule has 1 atom stereocenters. The molecule has 35 heavy (non-hydrogen) atoms. The second-order valence-corrected chi connectivity index (χ2v) is 11.0. The standard InChI is InChI=1S/C26H35N3O5S/c1-19-9-5-6-10-21(19)17-28(20(2)26(31)27-22-11-7-8-12-22)25(30)18-29(35(4,32)33)23-13-15-24(34-3)16-14-23/h5-6,9-10,13-16,20,22H,7-8,11-12,17-18H2,1-4H3,(H,27,31)/t20-/m0/s1.